The summed E-state index contributed by atoms with van der Waals surface area (Å²) in [5, 5.41) is 2.69. The Balaban J connectivity index is 2.67. The van der Waals surface area contributed by atoms with Crippen molar-refractivity contribution in [2.24, 2.45) is 5.92 Å². The first kappa shape index (κ1) is 16.0. The van der Waals surface area contributed by atoms with Gasteiger partial charge in [0.2, 0.25) is 5.91 Å². The van der Waals surface area contributed by atoms with Gasteiger partial charge in [-0.1, -0.05) is 50.6 Å². The minimum absolute atomic E-state index is 0.0246. The third kappa shape index (κ3) is 4.88. The lowest BCUT2D eigenvalue weighted by Crippen LogP contribution is -2.45. The van der Waals surface area contributed by atoms with Crippen LogP contribution in [0.3, 0.4) is 0 Å². The summed E-state index contributed by atoms with van der Waals surface area (Å²) in [6, 6.07) is 8.89. The van der Waals surface area contributed by atoms with Crippen LogP contribution in [-0.4, -0.2) is 25.0 Å². The van der Waals surface area contributed by atoms with Crippen LogP contribution >= 0.6 is 0 Å². The Morgan fingerprint density at radius 2 is 1.95 bits per heavy atom. The van der Waals surface area contributed by atoms with E-state index in [9.17, 15) is 9.59 Å². The molecule has 108 valence electrons. The standard InChI is InChI=1S/C16H21NO3/c1-4-12(2)15(16(19)20-3)17-14(18)11-10-13-8-6-5-7-9-13/h5-12,15H,4H2,1-3H3,(H,17,18)/b11-10+/t12-,15-/m0/s1. The molecule has 0 aliphatic rings. The number of hydrogen-bond acceptors (Lipinski definition) is 3. The van der Waals surface area contributed by atoms with Crippen LogP contribution in [0.1, 0.15) is 25.8 Å². The summed E-state index contributed by atoms with van der Waals surface area (Å²) < 4.78 is 4.72. The van der Waals surface area contributed by atoms with Crippen molar-refractivity contribution in [3.63, 3.8) is 0 Å². The lowest BCUT2D eigenvalue weighted by molar-refractivity contribution is -0.146. The molecule has 2 atom stereocenters. The second kappa shape index (κ2) is 8.15. The fraction of sp³-hybridized carbons (Fsp3) is 0.375. The maximum Gasteiger partial charge on any atom is 0.328 e. The van der Waals surface area contributed by atoms with Crippen molar-refractivity contribution in [3.05, 3.63) is 42.0 Å². The molecule has 0 spiro atoms. The fourth-order valence-corrected chi connectivity index (χ4v) is 1.73. The zero-order valence-corrected chi connectivity index (χ0v) is 12.1. The van der Waals surface area contributed by atoms with E-state index in [4.69, 9.17) is 4.74 Å². The van der Waals surface area contributed by atoms with Crippen LogP contribution in [-0.2, 0) is 14.3 Å². The third-order valence-electron chi connectivity index (χ3n) is 3.19. The minimum Gasteiger partial charge on any atom is -0.467 e. The average Bonchev–Trinajstić information content (AvgIpc) is 2.50. The lowest BCUT2D eigenvalue weighted by atomic mass is 9.99. The van der Waals surface area contributed by atoms with Gasteiger partial charge in [-0.2, -0.15) is 0 Å². The molecular weight excluding hydrogens is 254 g/mol. The highest BCUT2D eigenvalue weighted by Gasteiger charge is 2.25. The molecule has 1 amide bonds. The lowest BCUT2D eigenvalue weighted by Gasteiger charge is -2.20. The maximum atomic E-state index is 11.9. The number of nitrogens with one attached hydrogen (secondary N) is 1. The number of esters is 1. The Bertz CT molecular complexity index is 468. The summed E-state index contributed by atoms with van der Waals surface area (Å²) >= 11 is 0. The molecular formula is C16H21NO3. The van der Waals surface area contributed by atoms with E-state index in [2.05, 4.69) is 5.32 Å². The van der Waals surface area contributed by atoms with Gasteiger partial charge in [0, 0.05) is 6.08 Å². The molecule has 0 heterocycles. The van der Waals surface area contributed by atoms with Gasteiger partial charge >= 0.3 is 5.97 Å². The summed E-state index contributed by atoms with van der Waals surface area (Å²) in [5.41, 5.74) is 0.931. The van der Waals surface area contributed by atoms with Gasteiger partial charge in [0.1, 0.15) is 6.04 Å². The zero-order valence-electron chi connectivity index (χ0n) is 12.1. The molecule has 1 N–H and O–H groups in total. The molecule has 1 aromatic rings. The highest BCUT2D eigenvalue weighted by atomic mass is 16.5. The van der Waals surface area contributed by atoms with Crippen molar-refractivity contribution in [1.29, 1.82) is 0 Å². The van der Waals surface area contributed by atoms with E-state index in [0.29, 0.717) is 0 Å². The van der Waals surface area contributed by atoms with Crippen molar-refractivity contribution >= 4 is 18.0 Å². The van der Waals surface area contributed by atoms with Gasteiger partial charge in [0.05, 0.1) is 7.11 Å². The summed E-state index contributed by atoms with van der Waals surface area (Å²) in [6.07, 6.45) is 3.91. The van der Waals surface area contributed by atoms with E-state index in [1.54, 1.807) is 6.08 Å². The average molecular weight is 275 g/mol. The fourth-order valence-electron chi connectivity index (χ4n) is 1.73. The second-order valence-electron chi connectivity index (χ2n) is 4.64. The van der Waals surface area contributed by atoms with Crippen LogP contribution in [0.15, 0.2) is 36.4 Å². The van der Waals surface area contributed by atoms with Crippen molar-refractivity contribution in [1.82, 2.24) is 5.32 Å². The number of carbonyl (C=O) groups is 2. The molecule has 0 radical (unpaired) electrons. The van der Waals surface area contributed by atoms with E-state index in [-0.39, 0.29) is 11.8 Å². The number of rotatable bonds is 6. The minimum atomic E-state index is -0.613. The van der Waals surface area contributed by atoms with Gasteiger partial charge < -0.3 is 10.1 Å². The first-order valence-electron chi connectivity index (χ1n) is 6.70. The number of ether oxygens (including phenoxy) is 1. The molecule has 0 fully saturated rings. The molecule has 0 aromatic heterocycles. The largest absolute Gasteiger partial charge is 0.467 e. The highest BCUT2D eigenvalue weighted by Crippen LogP contribution is 2.09. The van der Waals surface area contributed by atoms with Gasteiger partial charge in [0.15, 0.2) is 0 Å². The van der Waals surface area contributed by atoms with Crippen LogP contribution in [0.4, 0.5) is 0 Å². The highest BCUT2D eigenvalue weighted by molar-refractivity contribution is 5.94. The summed E-state index contributed by atoms with van der Waals surface area (Å²) in [6.45, 7) is 3.87. The van der Waals surface area contributed by atoms with Crippen LogP contribution in [0, 0.1) is 5.92 Å². The first-order valence-corrected chi connectivity index (χ1v) is 6.70. The van der Waals surface area contributed by atoms with E-state index >= 15 is 0 Å². The molecule has 1 aromatic carbocycles. The predicted octanol–water partition coefficient (Wildman–Crippen LogP) is 2.40. The van der Waals surface area contributed by atoms with Crippen LogP contribution in [0.2, 0.25) is 0 Å². The van der Waals surface area contributed by atoms with E-state index in [0.717, 1.165) is 12.0 Å². The molecule has 1 rings (SSSR count). The normalized spacial score (nSPS) is 13.8. The molecule has 4 heteroatoms. The van der Waals surface area contributed by atoms with Crippen LogP contribution in [0.5, 0.6) is 0 Å². The molecule has 0 unspecified atom stereocenters. The van der Waals surface area contributed by atoms with Crippen LogP contribution in [0.25, 0.3) is 6.08 Å². The number of hydrogen-bond donors (Lipinski definition) is 1. The van der Waals surface area contributed by atoms with Crippen molar-refractivity contribution in [2.45, 2.75) is 26.3 Å². The molecule has 0 saturated carbocycles. The van der Waals surface area contributed by atoms with Crippen molar-refractivity contribution in [3.8, 4) is 0 Å². The Kier molecular flexibility index (Phi) is 6.50. The molecule has 0 saturated heterocycles. The van der Waals surface area contributed by atoms with E-state index in [1.165, 1.54) is 13.2 Å². The quantitative estimate of drug-likeness (QED) is 0.640. The summed E-state index contributed by atoms with van der Waals surface area (Å²) in [4.78, 5) is 23.5. The Hall–Kier alpha value is -2.10. The molecule has 20 heavy (non-hydrogen) atoms. The number of amides is 1. The Labute approximate surface area is 119 Å². The second-order valence-corrected chi connectivity index (χ2v) is 4.64. The molecule has 0 bridgehead atoms. The van der Waals surface area contributed by atoms with Crippen molar-refractivity contribution < 1.29 is 14.3 Å². The van der Waals surface area contributed by atoms with Gasteiger partial charge in [-0.05, 0) is 17.6 Å². The van der Waals surface area contributed by atoms with E-state index < -0.39 is 12.0 Å². The number of benzene rings is 1. The van der Waals surface area contributed by atoms with Gasteiger partial charge in [-0.15, -0.1) is 0 Å². The molecule has 0 aliphatic heterocycles. The van der Waals surface area contributed by atoms with Gasteiger partial charge in [-0.3, -0.25) is 4.79 Å². The maximum absolute atomic E-state index is 11.9. The Morgan fingerprint density at radius 3 is 2.50 bits per heavy atom. The van der Waals surface area contributed by atoms with E-state index in [1.807, 2.05) is 44.2 Å². The monoisotopic (exact) mass is 275 g/mol. The van der Waals surface area contributed by atoms with Crippen LogP contribution < -0.4 is 5.32 Å². The first-order chi connectivity index (χ1) is 9.58. The smallest absolute Gasteiger partial charge is 0.328 e. The summed E-state index contributed by atoms with van der Waals surface area (Å²) in [5.74, 6) is -0.693. The molecule has 4 nitrogen and oxygen atoms in total. The topological polar surface area (TPSA) is 55.4 Å². The van der Waals surface area contributed by atoms with Gasteiger partial charge in [-0.25, -0.2) is 4.79 Å². The molecule has 0 aliphatic carbocycles. The predicted molar refractivity (Wildman–Crippen MR) is 78.9 cm³/mol. The number of carbonyl (C=O) groups excluding carboxylic acids is 2. The van der Waals surface area contributed by atoms with Gasteiger partial charge in [0.25, 0.3) is 0 Å². The third-order valence-corrected chi connectivity index (χ3v) is 3.19. The SMILES string of the molecule is CC[C@H](C)[C@H](NC(=O)/C=C/c1ccccc1)C(=O)OC. The Morgan fingerprint density at radius 1 is 1.30 bits per heavy atom. The summed E-state index contributed by atoms with van der Waals surface area (Å²) in [7, 11) is 1.32. The zero-order chi connectivity index (χ0) is 15.0. The van der Waals surface area contributed by atoms with Crippen molar-refractivity contribution in [2.75, 3.05) is 7.11 Å². The number of methoxy groups -OCH3 is 1.